The largest absolute Gasteiger partial charge is 0.504 e. The van der Waals surface area contributed by atoms with Crippen molar-refractivity contribution < 1.29 is 18.3 Å². The molecule has 0 bridgehead atoms. The molecular formula is C11H16ClNO4S. The van der Waals surface area contributed by atoms with E-state index in [0.717, 1.165) is 0 Å². The van der Waals surface area contributed by atoms with Gasteiger partial charge in [0, 0.05) is 0 Å². The van der Waals surface area contributed by atoms with Gasteiger partial charge in [0.2, 0.25) is 10.0 Å². The summed E-state index contributed by atoms with van der Waals surface area (Å²) >= 11 is 5.68. The molecule has 0 aromatic heterocycles. The molecule has 5 nitrogen and oxygen atoms in total. The third-order valence-electron chi connectivity index (χ3n) is 2.06. The Hall–Kier alpha value is -0.980. The first kappa shape index (κ1) is 15.1. The number of hydrogen-bond donors (Lipinski definition) is 2. The molecule has 0 aliphatic rings. The lowest BCUT2D eigenvalue weighted by Gasteiger charge is -2.11. The lowest BCUT2D eigenvalue weighted by Crippen LogP contribution is -2.21. The number of phenolic OH excluding ortho intramolecular Hbond substituents is 1. The number of sulfonamides is 1. The van der Waals surface area contributed by atoms with Crippen molar-refractivity contribution in [2.75, 3.05) is 17.1 Å². The van der Waals surface area contributed by atoms with Crippen molar-refractivity contribution in [3.63, 3.8) is 0 Å². The van der Waals surface area contributed by atoms with Crippen LogP contribution >= 0.6 is 11.6 Å². The first-order valence-corrected chi connectivity index (χ1v) is 7.44. The summed E-state index contributed by atoms with van der Waals surface area (Å²) in [6.45, 7) is 3.74. The van der Waals surface area contributed by atoms with E-state index >= 15 is 0 Å². The molecule has 0 heterocycles. The van der Waals surface area contributed by atoms with Gasteiger partial charge in [0.1, 0.15) is 0 Å². The van der Waals surface area contributed by atoms with E-state index in [0.29, 0.717) is 0 Å². The predicted octanol–water partition coefficient (Wildman–Crippen LogP) is 2.21. The normalized spacial score (nSPS) is 11.8. The van der Waals surface area contributed by atoms with Crippen LogP contribution in [0.3, 0.4) is 0 Å². The average Bonchev–Trinajstić information content (AvgIpc) is 2.23. The molecule has 0 saturated heterocycles. The van der Waals surface area contributed by atoms with E-state index in [9.17, 15) is 13.5 Å². The maximum absolute atomic E-state index is 11.7. The van der Waals surface area contributed by atoms with Crippen LogP contribution < -0.4 is 4.72 Å². The van der Waals surface area contributed by atoms with E-state index in [1.54, 1.807) is 6.07 Å². The van der Waals surface area contributed by atoms with Crippen molar-refractivity contribution in [1.82, 2.24) is 0 Å². The standard InChI is InChI=1S/C11H16ClNO4S/c1-8(2)17-6-7-18(15,16)13-10-5-3-4-9(12)11(10)14/h3-5,8,13-14H,6-7H2,1-2H3. The molecule has 0 unspecified atom stereocenters. The van der Waals surface area contributed by atoms with E-state index in [-0.39, 0.29) is 34.9 Å². The minimum absolute atomic E-state index is 0.0280. The molecule has 102 valence electrons. The van der Waals surface area contributed by atoms with Crippen LogP contribution in [-0.2, 0) is 14.8 Å². The number of ether oxygens (including phenoxy) is 1. The second-order valence-corrected chi connectivity index (χ2v) is 6.23. The van der Waals surface area contributed by atoms with Crippen LogP contribution in [0.4, 0.5) is 5.69 Å². The van der Waals surface area contributed by atoms with Crippen LogP contribution in [0.2, 0.25) is 5.02 Å². The Morgan fingerprint density at radius 3 is 2.72 bits per heavy atom. The van der Waals surface area contributed by atoms with Gasteiger partial charge in [-0.05, 0) is 26.0 Å². The Morgan fingerprint density at radius 1 is 1.44 bits per heavy atom. The fourth-order valence-corrected chi connectivity index (χ4v) is 2.30. The van der Waals surface area contributed by atoms with Gasteiger partial charge in [0.15, 0.2) is 5.75 Å². The molecule has 0 spiro atoms. The lowest BCUT2D eigenvalue weighted by atomic mass is 10.3. The van der Waals surface area contributed by atoms with Gasteiger partial charge < -0.3 is 9.84 Å². The number of anilines is 1. The molecule has 1 aromatic rings. The molecule has 7 heteroatoms. The molecule has 0 radical (unpaired) electrons. The number of hydrogen-bond acceptors (Lipinski definition) is 4. The molecule has 0 saturated carbocycles. The van der Waals surface area contributed by atoms with Crippen molar-refractivity contribution in [3.8, 4) is 5.75 Å². The van der Waals surface area contributed by atoms with Crippen LogP contribution in [0.5, 0.6) is 5.75 Å². The van der Waals surface area contributed by atoms with Gasteiger partial charge in [-0.1, -0.05) is 17.7 Å². The Kier molecular flexibility index (Phi) is 5.25. The van der Waals surface area contributed by atoms with Gasteiger partial charge in [-0.3, -0.25) is 4.72 Å². The van der Waals surface area contributed by atoms with Crippen LogP contribution in [0, 0.1) is 0 Å². The minimum atomic E-state index is -3.56. The van der Waals surface area contributed by atoms with Gasteiger partial charge in [-0.2, -0.15) is 0 Å². The number of para-hydroxylation sites is 1. The van der Waals surface area contributed by atoms with Gasteiger partial charge in [-0.25, -0.2) is 8.42 Å². The summed E-state index contributed by atoms with van der Waals surface area (Å²) in [6.07, 6.45) is -0.0280. The first-order chi connectivity index (χ1) is 8.32. The molecule has 1 aromatic carbocycles. The number of phenols is 1. The van der Waals surface area contributed by atoms with Crippen molar-refractivity contribution in [3.05, 3.63) is 23.2 Å². The van der Waals surface area contributed by atoms with E-state index < -0.39 is 10.0 Å². The van der Waals surface area contributed by atoms with Crippen molar-refractivity contribution in [2.24, 2.45) is 0 Å². The van der Waals surface area contributed by atoms with Crippen LogP contribution in [0.1, 0.15) is 13.8 Å². The second kappa shape index (κ2) is 6.26. The van der Waals surface area contributed by atoms with E-state index in [1.165, 1.54) is 12.1 Å². The van der Waals surface area contributed by atoms with Crippen molar-refractivity contribution in [1.29, 1.82) is 0 Å². The number of rotatable bonds is 6. The van der Waals surface area contributed by atoms with E-state index in [4.69, 9.17) is 16.3 Å². The summed E-state index contributed by atoms with van der Waals surface area (Å²) in [6, 6.07) is 4.45. The zero-order chi connectivity index (χ0) is 13.8. The van der Waals surface area contributed by atoms with Gasteiger partial charge in [0.05, 0.1) is 29.2 Å². The first-order valence-electron chi connectivity index (χ1n) is 5.41. The SMILES string of the molecule is CC(C)OCCS(=O)(=O)Nc1cccc(Cl)c1O. The summed E-state index contributed by atoms with van der Waals surface area (Å²) < 4.78 is 30.8. The summed E-state index contributed by atoms with van der Waals surface area (Å²) in [5.74, 6) is -0.468. The summed E-state index contributed by atoms with van der Waals surface area (Å²) in [5, 5.41) is 9.68. The monoisotopic (exact) mass is 293 g/mol. The summed E-state index contributed by atoms with van der Waals surface area (Å²) in [4.78, 5) is 0. The third-order valence-corrected chi connectivity index (χ3v) is 3.60. The molecule has 0 aliphatic carbocycles. The molecule has 18 heavy (non-hydrogen) atoms. The second-order valence-electron chi connectivity index (χ2n) is 3.98. The zero-order valence-electron chi connectivity index (χ0n) is 10.2. The Bertz CT molecular complexity index is 502. The van der Waals surface area contributed by atoms with Crippen LogP contribution in [0.15, 0.2) is 18.2 Å². The molecule has 0 fully saturated rings. The number of nitrogens with one attached hydrogen (secondary N) is 1. The molecular weight excluding hydrogens is 278 g/mol. The number of aromatic hydroxyl groups is 1. The lowest BCUT2D eigenvalue weighted by molar-refractivity contribution is 0.0913. The van der Waals surface area contributed by atoms with E-state index in [2.05, 4.69) is 4.72 Å². The highest BCUT2D eigenvalue weighted by molar-refractivity contribution is 7.92. The highest BCUT2D eigenvalue weighted by atomic mass is 35.5. The fraction of sp³-hybridized carbons (Fsp3) is 0.455. The Labute approximate surface area is 112 Å². The Morgan fingerprint density at radius 2 is 2.11 bits per heavy atom. The van der Waals surface area contributed by atoms with Crippen LogP contribution in [-0.4, -0.2) is 32.0 Å². The molecule has 0 atom stereocenters. The molecule has 2 N–H and O–H groups in total. The summed E-state index contributed by atoms with van der Waals surface area (Å²) in [7, 11) is -3.56. The van der Waals surface area contributed by atoms with Crippen molar-refractivity contribution in [2.45, 2.75) is 20.0 Å². The molecule has 1 rings (SSSR count). The molecule has 0 amide bonds. The molecule has 0 aliphatic heterocycles. The van der Waals surface area contributed by atoms with E-state index in [1.807, 2.05) is 13.8 Å². The zero-order valence-corrected chi connectivity index (χ0v) is 11.8. The van der Waals surface area contributed by atoms with Crippen molar-refractivity contribution >= 4 is 27.3 Å². The maximum atomic E-state index is 11.7. The van der Waals surface area contributed by atoms with Gasteiger partial charge in [-0.15, -0.1) is 0 Å². The highest BCUT2D eigenvalue weighted by Gasteiger charge is 2.14. The predicted molar refractivity (Wildman–Crippen MR) is 71.6 cm³/mol. The van der Waals surface area contributed by atoms with Gasteiger partial charge >= 0.3 is 0 Å². The number of halogens is 1. The van der Waals surface area contributed by atoms with Crippen LogP contribution in [0.25, 0.3) is 0 Å². The highest BCUT2D eigenvalue weighted by Crippen LogP contribution is 2.31. The van der Waals surface area contributed by atoms with Gasteiger partial charge in [0.25, 0.3) is 0 Å². The quantitative estimate of drug-likeness (QED) is 0.789. The number of benzene rings is 1. The third kappa shape index (κ3) is 4.72. The fourth-order valence-electron chi connectivity index (χ4n) is 1.21. The average molecular weight is 294 g/mol. The Balaban J connectivity index is 2.68. The minimum Gasteiger partial charge on any atom is -0.504 e. The summed E-state index contributed by atoms with van der Waals surface area (Å²) in [5.41, 5.74) is 0.0621. The smallest absolute Gasteiger partial charge is 0.235 e. The topological polar surface area (TPSA) is 75.6 Å². The maximum Gasteiger partial charge on any atom is 0.235 e.